The molecule has 0 aromatic carbocycles. The predicted molar refractivity (Wildman–Crippen MR) is 279 cm³/mol. The van der Waals surface area contributed by atoms with Gasteiger partial charge < -0.3 is 14.2 Å². The van der Waals surface area contributed by atoms with Gasteiger partial charge in [-0.2, -0.15) is 0 Å². The van der Waals surface area contributed by atoms with Gasteiger partial charge in [-0.25, -0.2) is 0 Å². The minimum absolute atomic E-state index is 0.0935. The first kappa shape index (κ1) is 62.1. The Morgan fingerprint density at radius 2 is 0.585 bits per heavy atom. The van der Waals surface area contributed by atoms with Crippen molar-refractivity contribution in [1.29, 1.82) is 0 Å². The highest BCUT2D eigenvalue weighted by molar-refractivity contribution is 5.71. The van der Waals surface area contributed by atoms with E-state index in [-0.39, 0.29) is 37.5 Å². The summed E-state index contributed by atoms with van der Waals surface area (Å²) in [5, 5.41) is 0. The number of carbonyl (C=O) groups is 3. The van der Waals surface area contributed by atoms with Gasteiger partial charge in [-0.15, -0.1) is 0 Å². The van der Waals surface area contributed by atoms with Crippen LogP contribution >= 0.6 is 0 Å². The van der Waals surface area contributed by atoms with E-state index in [0.29, 0.717) is 19.3 Å². The summed E-state index contributed by atoms with van der Waals surface area (Å²) in [5.74, 6) is -0.954. The molecule has 0 aliphatic heterocycles. The molecule has 0 aliphatic carbocycles. The maximum absolute atomic E-state index is 12.8. The van der Waals surface area contributed by atoms with Crippen molar-refractivity contribution in [3.63, 3.8) is 0 Å². The molecule has 0 saturated carbocycles. The van der Waals surface area contributed by atoms with E-state index in [0.717, 1.165) is 70.6 Å². The summed E-state index contributed by atoms with van der Waals surface area (Å²) in [6.45, 7) is 6.55. The van der Waals surface area contributed by atoms with E-state index in [4.69, 9.17) is 14.2 Å². The molecular formula is C59H104O6. The summed E-state index contributed by atoms with van der Waals surface area (Å²) >= 11 is 0. The van der Waals surface area contributed by atoms with E-state index in [1.807, 2.05) is 0 Å². The van der Waals surface area contributed by atoms with Crippen molar-refractivity contribution in [2.45, 2.75) is 284 Å². The van der Waals surface area contributed by atoms with Crippen LogP contribution in [-0.2, 0) is 28.6 Å². The Kier molecular flexibility index (Phi) is 51.3. The van der Waals surface area contributed by atoms with Gasteiger partial charge in [-0.05, 0) is 96.3 Å². The Labute approximate surface area is 402 Å². The molecule has 0 unspecified atom stereocenters. The second-order valence-corrected chi connectivity index (χ2v) is 18.5. The molecule has 0 fully saturated rings. The first-order valence-corrected chi connectivity index (χ1v) is 27.8. The zero-order valence-electron chi connectivity index (χ0n) is 43.0. The lowest BCUT2D eigenvalue weighted by Gasteiger charge is -2.18. The lowest BCUT2D eigenvalue weighted by Crippen LogP contribution is -2.30. The molecule has 0 radical (unpaired) electrons. The average molecular weight is 909 g/mol. The SMILES string of the molecule is CCCC/C=C\CCCCCCCC(=O)O[C@@H](COC(=O)CCC/C=C\C/C=C\C/C=C\CCCCCCCC)COC(=O)CCCCCCCCCCC/C=C\CCCCCCCC. The molecule has 65 heavy (non-hydrogen) atoms. The number of hydrogen-bond acceptors (Lipinski definition) is 6. The van der Waals surface area contributed by atoms with E-state index in [2.05, 4.69) is 81.5 Å². The molecule has 0 aromatic heterocycles. The highest BCUT2D eigenvalue weighted by atomic mass is 16.6. The molecule has 6 nitrogen and oxygen atoms in total. The summed E-state index contributed by atoms with van der Waals surface area (Å²) in [6, 6.07) is 0. The number of allylic oxidation sites excluding steroid dienone is 10. The fourth-order valence-electron chi connectivity index (χ4n) is 7.73. The average Bonchev–Trinajstić information content (AvgIpc) is 3.30. The van der Waals surface area contributed by atoms with Crippen LogP contribution in [0.1, 0.15) is 278 Å². The third-order valence-corrected chi connectivity index (χ3v) is 12.0. The lowest BCUT2D eigenvalue weighted by molar-refractivity contribution is -0.167. The predicted octanol–water partition coefficient (Wildman–Crippen LogP) is 18.4. The molecule has 0 rings (SSSR count). The molecule has 0 aliphatic rings. The van der Waals surface area contributed by atoms with Crippen LogP contribution in [0.15, 0.2) is 60.8 Å². The van der Waals surface area contributed by atoms with Crippen molar-refractivity contribution in [3.8, 4) is 0 Å². The van der Waals surface area contributed by atoms with Crippen molar-refractivity contribution in [2.75, 3.05) is 13.2 Å². The molecule has 376 valence electrons. The van der Waals surface area contributed by atoms with Crippen molar-refractivity contribution >= 4 is 17.9 Å². The molecule has 0 amide bonds. The van der Waals surface area contributed by atoms with Gasteiger partial charge in [0.2, 0.25) is 0 Å². The van der Waals surface area contributed by atoms with Gasteiger partial charge >= 0.3 is 17.9 Å². The van der Waals surface area contributed by atoms with Crippen LogP contribution in [0.2, 0.25) is 0 Å². The standard InChI is InChI=1S/C59H104O6/c1-4-7-10-13-16-19-22-24-26-28-29-31-33-35-38-40-43-46-49-52-58(61)64-55-56(65-59(62)53-50-47-44-41-36-21-18-15-12-9-6-3)54-63-57(60)51-48-45-42-39-37-34-32-30-27-25-23-20-17-14-11-8-5-2/h15,18,24-27,32,34,39,42,56H,4-14,16-17,19-23,28-31,33,35-38,40-41,43-55H2,1-3H3/b18-15-,26-24-,27-25-,34-32-,42-39-/t56-/m0/s1. The minimum Gasteiger partial charge on any atom is -0.462 e. The quantitative estimate of drug-likeness (QED) is 0.0262. The van der Waals surface area contributed by atoms with E-state index in [1.165, 1.54) is 161 Å². The third kappa shape index (κ3) is 51.9. The van der Waals surface area contributed by atoms with Gasteiger partial charge in [0, 0.05) is 19.3 Å². The monoisotopic (exact) mass is 909 g/mol. The molecular weight excluding hydrogens is 805 g/mol. The van der Waals surface area contributed by atoms with Gasteiger partial charge in [0.15, 0.2) is 6.10 Å². The Morgan fingerprint density at radius 3 is 0.985 bits per heavy atom. The fraction of sp³-hybridized carbons (Fsp3) is 0.780. The summed E-state index contributed by atoms with van der Waals surface area (Å²) in [7, 11) is 0. The number of carbonyl (C=O) groups excluding carboxylic acids is 3. The number of unbranched alkanes of at least 4 members (excludes halogenated alkanes) is 29. The number of hydrogen-bond donors (Lipinski definition) is 0. The Balaban J connectivity index is 4.38. The second kappa shape index (κ2) is 53.7. The topological polar surface area (TPSA) is 78.9 Å². The Bertz CT molecular complexity index is 1180. The highest BCUT2D eigenvalue weighted by Crippen LogP contribution is 2.15. The first-order chi connectivity index (χ1) is 32.0. The van der Waals surface area contributed by atoms with Gasteiger partial charge in [0.1, 0.15) is 13.2 Å². The number of esters is 3. The van der Waals surface area contributed by atoms with E-state index in [9.17, 15) is 14.4 Å². The summed E-state index contributed by atoms with van der Waals surface area (Å²) in [6.07, 6.45) is 66.5. The van der Waals surface area contributed by atoms with E-state index < -0.39 is 6.10 Å². The third-order valence-electron chi connectivity index (χ3n) is 12.0. The summed E-state index contributed by atoms with van der Waals surface area (Å²) < 4.78 is 16.8. The zero-order valence-corrected chi connectivity index (χ0v) is 43.0. The molecule has 0 aromatic rings. The van der Waals surface area contributed by atoms with Crippen LogP contribution in [0.25, 0.3) is 0 Å². The number of ether oxygens (including phenoxy) is 3. The smallest absolute Gasteiger partial charge is 0.306 e. The van der Waals surface area contributed by atoms with Crippen molar-refractivity contribution in [2.24, 2.45) is 0 Å². The van der Waals surface area contributed by atoms with Gasteiger partial charge in [-0.3, -0.25) is 14.4 Å². The van der Waals surface area contributed by atoms with Crippen LogP contribution in [0.3, 0.4) is 0 Å². The molecule has 0 spiro atoms. The lowest BCUT2D eigenvalue weighted by atomic mass is 10.1. The molecule has 1 atom stereocenters. The van der Waals surface area contributed by atoms with E-state index in [1.54, 1.807) is 0 Å². The molecule has 0 saturated heterocycles. The molecule has 0 bridgehead atoms. The Morgan fingerprint density at radius 1 is 0.308 bits per heavy atom. The maximum atomic E-state index is 12.8. The van der Waals surface area contributed by atoms with Crippen LogP contribution in [-0.4, -0.2) is 37.2 Å². The van der Waals surface area contributed by atoms with Crippen molar-refractivity contribution < 1.29 is 28.6 Å². The molecule has 6 heteroatoms. The van der Waals surface area contributed by atoms with Gasteiger partial charge in [0.25, 0.3) is 0 Å². The van der Waals surface area contributed by atoms with E-state index >= 15 is 0 Å². The van der Waals surface area contributed by atoms with Gasteiger partial charge in [0.05, 0.1) is 0 Å². The number of rotatable bonds is 50. The van der Waals surface area contributed by atoms with Crippen LogP contribution in [0.5, 0.6) is 0 Å². The zero-order chi connectivity index (χ0) is 47.2. The normalized spacial score (nSPS) is 12.5. The van der Waals surface area contributed by atoms with Crippen LogP contribution in [0.4, 0.5) is 0 Å². The summed E-state index contributed by atoms with van der Waals surface area (Å²) in [5.41, 5.74) is 0. The van der Waals surface area contributed by atoms with Crippen molar-refractivity contribution in [1.82, 2.24) is 0 Å². The molecule has 0 N–H and O–H groups in total. The van der Waals surface area contributed by atoms with Crippen molar-refractivity contribution in [3.05, 3.63) is 60.8 Å². The first-order valence-electron chi connectivity index (χ1n) is 27.8. The Hall–Kier alpha value is -2.89. The van der Waals surface area contributed by atoms with Gasteiger partial charge in [-0.1, -0.05) is 223 Å². The largest absolute Gasteiger partial charge is 0.462 e. The maximum Gasteiger partial charge on any atom is 0.306 e. The van der Waals surface area contributed by atoms with Crippen LogP contribution in [0, 0.1) is 0 Å². The fourth-order valence-corrected chi connectivity index (χ4v) is 7.73. The minimum atomic E-state index is -0.798. The second-order valence-electron chi connectivity index (χ2n) is 18.5. The van der Waals surface area contributed by atoms with Crippen LogP contribution < -0.4 is 0 Å². The molecule has 0 heterocycles. The highest BCUT2D eigenvalue weighted by Gasteiger charge is 2.19. The summed E-state index contributed by atoms with van der Waals surface area (Å²) in [4.78, 5) is 38.0.